The fraction of sp³-hybridized carbons (Fsp3) is 0.200. The van der Waals surface area contributed by atoms with Crippen molar-refractivity contribution >= 4 is 33.6 Å². The Kier molecular flexibility index (Phi) is 5.89. The monoisotopic (exact) mass is 443 g/mol. The second-order valence-electron chi connectivity index (χ2n) is 6.53. The van der Waals surface area contributed by atoms with Crippen molar-refractivity contribution in [3.63, 3.8) is 0 Å². The lowest BCUT2D eigenvalue weighted by molar-refractivity contribution is -0.390. The zero-order valence-electron chi connectivity index (χ0n) is 15.3. The van der Waals surface area contributed by atoms with Crippen LogP contribution in [0.2, 0.25) is 0 Å². The van der Waals surface area contributed by atoms with E-state index in [1.54, 1.807) is 18.2 Å². The fourth-order valence-electron chi connectivity index (χ4n) is 2.61. The summed E-state index contributed by atoms with van der Waals surface area (Å²) in [5, 5.41) is 14.7. The lowest BCUT2D eigenvalue weighted by Crippen LogP contribution is -2.00. The molecule has 0 N–H and O–H groups in total. The minimum absolute atomic E-state index is 0.111. The number of hydrogen-bond donors (Lipinski definition) is 0. The van der Waals surface area contributed by atoms with Gasteiger partial charge >= 0.3 is 5.82 Å². The number of carbonyl (C=O) groups is 1. The number of halogens is 1. The maximum atomic E-state index is 12.3. The number of carbonyl (C=O) groups excluding carboxylic acids is 1. The van der Waals surface area contributed by atoms with E-state index in [0.29, 0.717) is 27.5 Å². The third-order valence-electron chi connectivity index (χ3n) is 4.13. The molecule has 2 aromatic heterocycles. The molecule has 0 atom stereocenters. The SMILES string of the molecule is CC(C)c1ccc(C(=O)/C=C/c2ccc(Cn3cc(Br)c([N+](=O)[O-])n3)o2)cc1. The first-order chi connectivity index (χ1) is 13.3. The molecule has 0 spiro atoms. The van der Waals surface area contributed by atoms with Crippen molar-refractivity contribution in [1.82, 2.24) is 9.78 Å². The maximum Gasteiger partial charge on any atom is 0.404 e. The summed E-state index contributed by atoms with van der Waals surface area (Å²) in [4.78, 5) is 22.6. The Labute approximate surface area is 169 Å². The molecule has 0 aliphatic heterocycles. The van der Waals surface area contributed by atoms with Gasteiger partial charge in [0.25, 0.3) is 0 Å². The third kappa shape index (κ3) is 4.64. The maximum absolute atomic E-state index is 12.3. The van der Waals surface area contributed by atoms with Gasteiger partial charge in [-0.15, -0.1) is 0 Å². The first-order valence-corrected chi connectivity index (χ1v) is 9.41. The largest absolute Gasteiger partial charge is 0.460 e. The number of nitro groups is 1. The highest BCUT2D eigenvalue weighted by atomic mass is 79.9. The van der Waals surface area contributed by atoms with Gasteiger partial charge in [-0.05, 0) is 56.6 Å². The summed E-state index contributed by atoms with van der Waals surface area (Å²) in [6.07, 6.45) is 4.58. The zero-order chi connectivity index (χ0) is 20.3. The van der Waals surface area contributed by atoms with Gasteiger partial charge in [-0.3, -0.25) is 4.79 Å². The van der Waals surface area contributed by atoms with Gasteiger partial charge in [0.2, 0.25) is 0 Å². The van der Waals surface area contributed by atoms with Crippen LogP contribution in [0.4, 0.5) is 5.82 Å². The van der Waals surface area contributed by atoms with E-state index in [-0.39, 0.29) is 18.1 Å². The summed E-state index contributed by atoms with van der Waals surface area (Å²) in [5.74, 6) is 1.14. The molecule has 3 aromatic rings. The third-order valence-corrected chi connectivity index (χ3v) is 4.69. The number of aromatic nitrogens is 2. The van der Waals surface area contributed by atoms with Crippen molar-refractivity contribution in [2.45, 2.75) is 26.3 Å². The summed E-state index contributed by atoms with van der Waals surface area (Å²) >= 11 is 3.11. The Balaban J connectivity index is 1.66. The van der Waals surface area contributed by atoms with Crippen LogP contribution in [-0.4, -0.2) is 20.5 Å². The quantitative estimate of drug-likeness (QED) is 0.216. The van der Waals surface area contributed by atoms with Gasteiger partial charge in [0.15, 0.2) is 5.78 Å². The predicted octanol–water partition coefficient (Wildman–Crippen LogP) is 5.21. The fourth-order valence-corrected chi connectivity index (χ4v) is 3.07. The molecule has 0 bridgehead atoms. The van der Waals surface area contributed by atoms with Crippen molar-refractivity contribution in [2.75, 3.05) is 0 Å². The van der Waals surface area contributed by atoms with E-state index in [4.69, 9.17) is 4.42 Å². The van der Waals surface area contributed by atoms with Crippen LogP contribution >= 0.6 is 15.9 Å². The van der Waals surface area contributed by atoms with E-state index in [1.165, 1.54) is 22.5 Å². The molecule has 0 saturated heterocycles. The highest BCUT2D eigenvalue weighted by Gasteiger charge is 2.19. The zero-order valence-corrected chi connectivity index (χ0v) is 16.9. The van der Waals surface area contributed by atoms with Crippen LogP contribution in [0, 0.1) is 10.1 Å². The van der Waals surface area contributed by atoms with Gasteiger partial charge in [-0.2, -0.15) is 4.68 Å². The average molecular weight is 444 g/mol. The topological polar surface area (TPSA) is 91.2 Å². The number of ketones is 1. The molecule has 7 nitrogen and oxygen atoms in total. The van der Waals surface area contributed by atoms with Crippen molar-refractivity contribution < 1.29 is 14.1 Å². The summed E-state index contributed by atoms with van der Waals surface area (Å²) in [6.45, 7) is 4.45. The summed E-state index contributed by atoms with van der Waals surface area (Å²) < 4.78 is 7.37. The minimum atomic E-state index is -0.559. The Morgan fingerprint density at radius 3 is 2.61 bits per heavy atom. The summed E-state index contributed by atoms with van der Waals surface area (Å²) in [7, 11) is 0. The number of nitrogens with zero attached hydrogens (tertiary/aromatic N) is 3. The molecule has 8 heteroatoms. The van der Waals surface area contributed by atoms with Gasteiger partial charge in [-0.25, -0.2) is 0 Å². The van der Waals surface area contributed by atoms with Gasteiger partial charge in [0.1, 0.15) is 22.5 Å². The highest BCUT2D eigenvalue weighted by Crippen LogP contribution is 2.23. The van der Waals surface area contributed by atoms with E-state index in [9.17, 15) is 14.9 Å². The second kappa shape index (κ2) is 8.35. The first kappa shape index (κ1) is 19.8. The Morgan fingerprint density at radius 2 is 2.00 bits per heavy atom. The van der Waals surface area contributed by atoms with Crippen LogP contribution in [0.15, 0.2) is 57.6 Å². The number of allylic oxidation sites excluding steroid dienone is 1. The van der Waals surface area contributed by atoms with E-state index in [2.05, 4.69) is 34.9 Å². The van der Waals surface area contributed by atoms with Crippen molar-refractivity contribution in [3.05, 3.63) is 85.9 Å². The molecule has 0 unspecified atom stereocenters. The molecular weight excluding hydrogens is 426 g/mol. The smallest absolute Gasteiger partial charge is 0.404 e. The first-order valence-electron chi connectivity index (χ1n) is 8.62. The normalized spacial score (nSPS) is 11.4. The lowest BCUT2D eigenvalue weighted by atomic mass is 10.0. The number of hydrogen-bond acceptors (Lipinski definition) is 5. The predicted molar refractivity (Wildman–Crippen MR) is 108 cm³/mol. The number of furan rings is 1. The van der Waals surface area contributed by atoms with Gasteiger partial charge < -0.3 is 14.5 Å². The van der Waals surface area contributed by atoms with Crippen LogP contribution < -0.4 is 0 Å². The summed E-state index contributed by atoms with van der Waals surface area (Å²) in [5.41, 5.74) is 1.79. The molecule has 28 heavy (non-hydrogen) atoms. The van der Waals surface area contributed by atoms with Crippen LogP contribution in [0.3, 0.4) is 0 Å². The van der Waals surface area contributed by atoms with E-state index >= 15 is 0 Å². The standard InChI is InChI=1S/C20H18BrN3O4/c1-13(2)14-3-5-15(6-4-14)19(25)10-9-16-7-8-17(28-16)11-23-12-18(21)20(22-23)24(26)27/h3-10,12-13H,11H2,1-2H3/b10-9+. The highest BCUT2D eigenvalue weighted by molar-refractivity contribution is 9.10. The van der Waals surface area contributed by atoms with Gasteiger partial charge in [0.05, 0.1) is 11.3 Å². The van der Waals surface area contributed by atoms with E-state index in [0.717, 1.165) is 0 Å². The van der Waals surface area contributed by atoms with E-state index in [1.807, 2.05) is 24.3 Å². The molecule has 2 heterocycles. The van der Waals surface area contributed by atoms with Crippen molar-refractivity contribution in [2.24, 2.45) is 0 Å². The molecule has 0 aliphatic rings. The van der Waals surface area contributed by atoms with Crippen LogP contribution in [0.25, 0.3) is 6.08 Å². The van der Waals surface area contributed by atoms with Gasteiger partial charge in [-0.1, -0.05) is 38.1 Å². The Hall–Kier alpha value is -3.00. The van der Waals surface area contributed by atoms with Crippen molar-refractivity contribution in [3.8, 4) is 0 Å². The molecule has 0 aliphatic carbocycles. The molecule has 144 valence electrons. The molecular formula is C20H18BrN3O4. The Morgan fingerprint density at radius 1 is 1.29 bits per heavy atom. The molecule has 3 rings (SSSR count). The average Bonchev–Trinajstić information content (AvgIpc) is 3.26. The second-order valence-corrected chi connectivity index (χ2v) is 7.39. The molecule has 0 radical (unpaired) electrons. The molecule has 1 aromatic carbocycles. The van der Waals surface area contributed by atoms with Crippen LogP contribution in [0.5, 0.6) is 0 Å². The molecule has 0 amide bonds. The number of rotatable bonds is 7. The van der Waals surface area contributed by atoms with E-state index < -0.39 is 4.92 Å². The summed E-state index contributed by atoms with van der Waals surface area (Å²) in [6, 6.07) is 11.0. The van der Waals surface area contributed by atoms with Crippen LogP contribution in [-0.2, 0) is 6.54 Å². The van der Waals surface area contributed by atoms with Gasteiger partial charge in [0, 0.05) is 5.56 Å². The molecule has 0 fully saturated rings. The number of benzene rings is 1. The molecule has 0 saturated carbocycles. The Bertz CT molecular complexity index is 1030. The van der Waals surface area contributed by atoms with Crippen molar-refractivity contribution in [1.29, 1.82) is 0 Å². The lowest BCUT2D eigenvalue weighted by Gasteiger charge is -2.04. The minimum Gasteiger partial charge on any atom is -0.460 e. The van der Waals surface area contributed by atoms with Crippen LogP contribution in [0.1, 0.15) is 47.2 Å².